The van der Waals surface area contributed by atoms with Gasteiger partial charge in [0.15, 0.2) is 0 Å². The van der Waals surface area contributed by atoms with Gasteiger partial charge in [-0.15, -0.1) is 0 Å². The minimum Gasteiger partial charge on any atom is -0.354 e. The monoisotopic (exact) mass is 235 g/mol. The molecule has 1 aliphatic rings. The second-order valence-corrected chi connectivity index (χ2v) is 3.95. The Bertz CT molecular complexity index is 447. The van der Waals surface area contributed by atoms with Crippen LogP contribution in [0.25, 0.3) is 0 Å². The number of rotatable bonds is 3. The van der Waals surface area contributed by atoms with Gasteiger partial charge in [0.1, 0.15) is 0 Å². The fraction of sp³-hybridized carbons (Fsp3) is 0.364. The summed E-state index contributed by atoms with van der Waals surface area (Å²) < 4.78 is 0. The molecular weight excluding hydrogens is 222 g/mol. The van der Waals surface area contributed by atoms with Gasteiger partial charge in [-0.3, -0.25) is 19.8 Å². The summed E-state index contributed by atoms with van der Waals surface area (Å²) in [7, 11) is 0. The van der Waals surface area contributed by atoms with Crippen LogP contribution >= 0.6 is 0 Å². The van der Waals surface area contributed by atoms with Crippen LogP contribution in [0.15, 0.2) is 24.3 Å². The standard InChI is InChI=1S/C11H13N3O3/c15-11-8-13(6-5-12-11)7-9-3-1-2-4-10(9)14(16)17/h1-4H,5-8H2,(H,12,15). The van der Waals surface area contributed by atoms with E-state index in [0.29, 0.717) is 25.2 Å². The number of hydrogen-bond donors (Lipinski definition) is 1. The zero-order valence-electron chi connectivity index (χ0n) is 9.26. The van der Waals surface area contributed by atoms with Crippen molar-refractivity contribution in [1.82, 2.24) is 10.2 Å². The Balaban J connectivity index is 2.12. The van der Waals surface area contributed by atoms with Crippen LogP contribution in [-0.2, 0) is 11.3 Å². The van der Waals surface area contributed by atoms with Crippen molar-refractivity contribution in [3.63, 3.8) is 0 Å². The normalized spacial score (nSPS) is 16.6. The summed E-state index contributed by atoms with van der Waals surface area (Å²) in [5, 5.41) is 13.6. The molecule has 2 rings (SSSR count). The van der Waals surface area contributed by atoms with Gasteiger partial charge >= 0.3 is 0 Å². The summed E-state index contributed by atoms with van der Waals surface area (Å²) in [4.78, 5) is 23.5. The van der Waals surface area contributed by atoms with Crippen molar-refractivity contribution in [1.29, 1.82) is 0 Å². The van der Waals surface area contributed by atoms with Crippen molar-refractivity contribution in [2.75, 3.05) is 19.6 Å². The lowest BCUT2D eigenvalue weighted by Gasteiger charge is -2.26. The van der Waals surface area contributed by atoms with Crippen molar-refractivity contribution in [3.05, 3.63) is 39.9 Å². The van der Waals surface area contributed by atoms with E-state index in [1.54, 1.807) is 18.2 Å². The van der Waals surface area contributed by atoms with Gasteiger partial charge in [0.05, 0.1) is 11.5 Å². The Morgan fingerprint density at radius 1 is 1.41 bits per heavy atom. The number of benzene rings is 1. The van der Waals surface area contributed by atoms with Crippen molar-refractivity contribution >= 4 is 11.6 Å². The highest BCUT2D eigenvalue weighted by Gasteiger charge is 2.20. The molecule has 1 N–H and O–H groups in total. The van der Waals surface area contributed by atoms with Crippen molar-refractivity contribution in [2.45, 2.75) is 6.54 Å². The lowest BCUT2D eigenvalue weighted by atomic mass is 10.1. The highest BCUT2D eigenvalue weighted by Crippen LogP contribution is 2.19. The van der Waals surface area contributed by atoms with Crippen LogP contribution in [0, 0.1) is 10.1 Å². The summed E-state index contributed by atoms with van der Waals surface area (Å²) in [6.45, 7) is 2.05. The van der Waals surface area contributed by atoms with Gasteiger partial charge in [-0.2, -0.15) is 0 Å². The van der Waals surface area contributed by atoms with Gasteiger partial charge in [-0.05, 0) is 0 Å². The van der Waals surface area contributed by atoms with Crippen molar-refractivity contribution in [2.24, 2.45) is 0 Å². The molecule has 1 amide bonds. The van der Waals surface area contributed by atoms with Crippen LogP contribution in [0.4, 0.5) is 5.69 Å². The molecule has 0 aromatic heterocycles. The summed E-state index contributed by atoms with van der Waals surface area (Å²) >= 11 is 0. The van der Waals surface area contributed by atoms with Crippen LogP contribution in [0.2, 0.25) is 0 Å². The number of carbonyl (C=O) groups is 1. The highest BCUT2D eigenvalue weighted by molar-refractivity contribution is 5.78. The molecule has 0 spiro atoms. The number of nitrogens with zero attached hydrogens (tertiary/aromatic N) is 2. The Morgan fingerprint density at radius 3 is 2.88 bits per heavy atom. The molecule has 0 radical (unpaired) electrons. The Morgan fingerprint density at radius 2 is 2.18 bits per heavy atom. The average molecular weight is 235 g/mol. The van der Waals surface area contributed by atoms with E-state index in [0.717, 1.165) is 6.54 Å². The van der Waals surface area contributed by atoms with Crippen LogP contribution in [0.5, 0.6) is 0 Å². The molecule has 1 heterocycles. The van der Waals surface area contributed by atoms with Crippen molar-refractivity contribution in [3.8, 4) is 0 Å². The maximum Gasteiger partial charge on any atom is 0.273 e. The molecule has 0 unspecified atom stereocenters. The number of nitro groups is 1. The molecule has 90 valence electrons. The lowest BCUT2D eigenvalue weighted by Crippen LogP contribution is -2.47. The number of carbonyl (C=O) groups excluding carboxylic acids is 1. The fourth-order valence-electron chi connectivity index (χ4n) is 1.89. The third kappa shape index (κ3) is 2.79. The van der Waals surface area contributed by atoms with Gasteiger partial charge in [-0.1, -0.05) is 18.2 Å². The maximum absolute atomic E-state index is 11.2. The van der Waals surface area contributed by atoms with E-state index in [2.05, 4.69) is 5.32 Å². The third-order valence-corrected chi connectivity index (χ3v) is 2.70. The largest absolute Gasteiger partial charge is 0.354 e. The number of nitrogens with one attached hydrogen (secondary N) is 1. The van der Waals surface area contributed by atoms with Crippen LogP contribution in [0.1, 0.15) is 5.56 Å². The summed E-state index contributed by atoms with van der Waals surface area (Å²) in [6.07, 6.45) is 0. The van der Waals surface area contributed by atoms with E-state index in [1.165, 1.54) is 6.07 Å². The molecule has 1 saturated heterocycles. The molecule has 0 bridgehead atoms. The fourth-order valence-corrected chi connectivity index (χ4v) is 1.89. The van der Waals surface area contributed by atoms with E-state index in [4.69, 9.17) is 0 Å². The van der Waals surface area contributed by atoms with Gasteiger partial charge in [0.2, 0.25) is 5.91 Å². The maximum atomic E-state index is 11.2. The summed E-state index contributed by atoms with van der Waals surface area (Å²) in [6, 6.07) is 6.63. The second kappa shape index (κ2) is 4.92. The van der Waals surface area contributed by atoms with E-state index < -0.39 is 0 Å². The Labute approximate surface area is 98.4 Å². The molecule has 0 saturated carbocycles. The summed E-state index contributed by atoms with van der Waals surface area (Å²) in [5.41, 5.74) is 0.755. The SMILES string of the molecule is O=C1CN(Cc2ccccc2[N+](=O)[O-])CCN1. The minimum absolute atomic E-state index is 0.0326. The second-order valence-electron chi connectivity index (χ2n) is 3.95. The van der Waals surface area contributed by atoms with Gasteiger partial charge < -0.3 is 5.32 Å². The molecule has 0 atom stereocenters. The highest BCUT2D eigenvalue weighted by atomic mass is 16.6. The quantitative estimate of drug-likeness (QED) is 0.612. The molecule has 1 fully saturated rings. The number of nitro benzene ring substituents is 1. The number of piperazine rings is 1. The molecule has 6 heteroatoms. The first-order valence-corrected chi connectivity index (χ1v) is 5.38. The lowest BCUT2D eigenvalue weighted by molar-refractivity contribution is -0.385. The number of para-hydroxylation sites is 1. The third-order valence-electron chi connectivity index (χ3n) is 2.70. The Hall–Kier alpha value is -1.95. The number of amides is 1. The zero-order chi connectivity index (χ0) is 12.3. The first-order chi connectivity index (χ1) is 8.16. The molecule has 17 heavy (non-hydrogen) atoms. The molecule has 1 aromatic rings. The van der Waals surface area contributed by atoms with E-state index in [-0.39, 0.29) is 16.5 Å². The average Bonchev–Trinajstić information content (AvgIpc) is 2.29. The number of hydrogen-bond acceptors (Lipinski definition) is 4. The van der Waals surface area contributed by atoms with Crippen LogP contribution < -0.4 is 5.32 Å². The summed E-state index contributed by atoms with van der Waals surface area (Å²) in [5.74, 6) is -0.0326. The first kappa shape index (κ1) is 11.5. The van der Waals surface area contributed by atoms with E-state index in [1.807, 2.05) is 4.90 Å². The Kier molecular flexibility index (Phi) is 3.34. The van der Waals surface area contributed by atoms with Crippen LogP contribution in [0.3, 0.4) is 0 Å². The van der Waals surface area contributed by atoms with Crippen molar-refractivity contribution < 1.29 is 9.72 Å². The molecule has 1 aromatic carbocycles. The zero-order valence-corrected chi connectivity index (χ0v) is 9.26. The van der Waals surface area contributed by atoms with E-state index >= 15 is 0 Å². The molecular formula is C11H13N3O3. The molecule has 0 aliphatic carbocycles. The topological polar surface area (TPSA) is 75.5 Å². The molecule has 1 aliphatic heterocycles. The molecule has 6 nitrogen and oxygen atoms in total. The van der Waals surface area contributed by atoms with E-state index in [9.17, 15) is 14.9 Å². The minimum atomic E-state index is -0.390. The smallest absolute Gasteiger partial charge is 0.273 e. The van der Waals surface area contributed by atoms with Gasteiger partial charge in [-0.25, -0.2) is 0 Å². The van der Waals surface area contributed by atoms with Gasteiger partial charge in [0, 0.05) is 31.3 Å². The predicted octanol–water partition coefficient (Wildman–Crippen LogP) is 0.527. The first-order valence-electron chi connectivity index (χ1n) is 5.38. The van der Waals surface area contributed by atoms with Gasteiger partial charge in [0.25, 0.3) is 5.69 Å². The predicted molar refractivity (Wildman–Crippen MR) is 61.4 cm³/mol. The van der Waals surface area contributed by atoms with Crippen LogP contribution in [-0.4, -0.2) is 35.4 Å².